The molecule has 1 aromatic heterocycles. The van der Waals surface area contributed by atoms with Crippen molar-refractivity contribution < 1.29 is 23.8 Å². The second-order valence-electron chi connectivity index (χ2n) is 4.17. The van der Waals surface area contributed by atoms with Gasteiger partial charge in [0.25, 0.3) is 0 Å². The van der Waals surface area contributed by atoms with E-state index >= 15 is 0 Å². The molecular weight excluding hydrogens is 241 g/mol. The molecule has 5 nitrogen and oxygen atoms in total. The number of methoxy groups -OCH3 is 1. The van der Waals surface area contributed by atoms with Gasteiger partial charge in [-0.15, -0.1) is 0 Å². The number of hydrogen-bond donors (Lipinski definition) is 1. The van der Waals surface area contributed by atoms with E-state index in [1.54, 1.807) is 0 Å². The molecular formula is C12H14FNO4. The van der Waals surface area contributed by atoms with Crippen LogP contribution in [0.15, 0.2) is 12.3 Å². The van der Waals surface area contributed by atoms with Crippen molar-refractivity contribution in [3.8, 4) is 11.5 Å². The Kier molecular flexibility index (Phi) is 3.64. The molecule has 0 spiro atoms. The lowest BCUT2D eigenvalue weighted by Crippen LogP contribution is -2.21. The Hall–Kier alpha value is -1.85. The SMILES string of the molecule is COc1cc(C(=O)O)ncc1OC(CF)C1CC1. The van der Waals surface area contributed by atoms with Gasteiger partial charge < -0.3 is 14.6 Å². The maximum Gasteiger partial charge on any atom is 0.354 e. The van der Waals surface area contributed by atoms with Gasteiger partial charge in [-0.1, -0.05) is 0 Å². The van der Waals surface area contributed by atoms with Crippen LogP contribution in [0.2, 0.25) is 0 Å². The first-order chi connectivity index (χ1) is 8.65. The fraction of sp³-hybridized carbons (Fsp3) is 0.500. The Morgan fingerprint density at radius 2 is 2.33 bits per heavy atom. The second kappa shape index (κ2) is 5.20. The van der Waals surface area contributed by atoms with Crippen LogP contribution in [-0.4, -0.2) is 35.9 Å². The minimum absolute atomic E-state index is 0.137. The van der Waals surface area contributed by atoms with Gasteiger partial charge in [0.05, 0.1) is 13.3 Å². The van der Waals surface area contributed by atoms with Crippen molar-refractivity contribution in [3.63, 3.8) is 0 Å². The number of nitrogens with zero attached hydrogens (tertiary/aromatic N) is 1. The van der Waals surface area contributed by atoms with Crippen LogP contribution >= 0.6 is 0 Å². The lowest BCUT2D eigenvalue weighted by molar-refractivity contribution is 0.0689. The van der Waals surface area contributed by atoms with Crippen molar-refractivity contribution in [1.82, 2.24) is 4.98 Å². The summed E-state index contributed by atoms with van der Waals surface area (Å²) in [6.45, 7) is -0.575. The molecule has 1 unspecified atom stereocenters. The van der Waals surface area contributed by atoms with Crippen molar-refractivity contribution in [3.05, 3.63) is 18.0 Å². The molecule has 0 aliphatic heterocycles. The lowest BCUT2D eigenvalue weighted by Gasteiger charge is -2.17. The molecule has 1 N–H and O–H groups in total. The number of halogens is 1. The molecule has 2 rings (SSSR count). The van der Waals surface area contributed by atoms with Gasteiger partial charge in [0.1, 0.15) is 12.8 Å². The topological polar surface area (TPSA) is 68.7 Å². The van der Waals surface area contributed by atoms with Crippen molar-refractivity contribution in [2.75, 3.05) is 13.8 Å². The summed E-state index contributed by atoms with van der Waals surface area (Å²) < 4.78 is 23.3. The summed E-state index contributed by atoms with van der Waals surface area (Å²) in [7, 11) is 1.40. The number of carbonyl (C=O) groups is 1. The van der Waals surface area contributed by atoms with Crippen molar-refractivity contribution >= 4 is 5.97 Å². The molecule has 0 bridgehead atoms. The van der Waals surface area contributed by atoms with E-state index in [4.69, 9.17) is 14.6 Å². The Bertz CT molecular complexity index is 448. The fourth-order valence-corrected chi connectivity index (χ4v) is 1.67. The summed E-state index contributed by atoms with van der Waals surface area (Å²) in [5.74, 6) is -0.388. The zero-order valence-electron chi connectivity index (χ0n) is 9.93. The van der Waals surface area contributed by atoms with Gasteiger partial charge in [-0.25, -0.2) is 14.2 Å². The number of aromatic carboxylic acids is 1. The smallest absolute Gasteiger partial charge is 0.354 e. The molecule has 1 aromatic rings. The third-order valence-corrected chi connectivity index (χ3v) is 2.85. The quantitative estimate of drug-likeness (QED) is 0.841. The van der Waals surface area contributed by atoms with E-state index < -0.39 is 18.7 Å². The first-order valence-electron chi connectivity index (χ1n) is 5.65. The van der Waals surface area contributed by atoms with Crippen LogP contribution in [0.4, 0.5) is 4.39 Å². The fourth-order valence-electron chi connectivity index (χ4n) is 1.67. The minimum atomic E-state index is -1.15. The number of hydrogen-bond acceptors (Lipinski definition) is 4. The van der Waals surface area contributed by atoms with Gasteiger partial charge in [0, 0.05) is 6.07 Å². The third-order valence-electron chi connectivity index (χ3n) is 2.85. The van der Waals surface area contributed by atoms with E-state index in [2.05, 4.69) is 4.98 Å². The largest absolute Gasteiger partial charge is 0.493 e. The number of pyridine rings is 1. The Morgan fingerprint density at radius 1 is 1.61 bits per heavy atom. The molecule has 6 heteroatoms. The van der Waals surface area contributed by atoms with Crippen LogP contribution in [-0.2, 0) is 0 Å². The molecule has 0 amide bonds. The minimum Gasteiger partial charge on any atom is -0.493 e. The molecule has 0 radical (unpaired) electrons. The second-order valence-corrected chi connectivity index (χ2v) is 4.17. The highest BCUT2D eigenvalue weighted by Crippen LogP contribution is 2.37. The van der Waals surface area contributed by atoms with Gasteiger partial charge >= 0.3 is 5.97 Å². The summed E-state index contributed by atoms with van der Waals surface area (Å²) in [5, 5.41) is 8.80. The monoisotopic (exact) mass is 255 g/mol. The van der Waals surface area contributed by atoms with Gasteiger partial charge in [0.2, 0.25) is 0 Å². The molecule has 1 aliphatic rings. The van der Waals surface area contributed by atoms with Gasteiger partial charge in [-0.2, -0.15) is 0 Å². The molecule has 1 aliphatic carbocycles. The molecule has 98 valence electrons. The summed E-state index contributed by atoms with van der Waals surface area (Å²) in [6, 6.07) is 1.26. The average Bonchev–Trinajstić information content (AvgIpc) is 3.20. The Morgan fingerprint density at radius 3 is 2.83 bits per heavy atom. The van der Waals surface area contributed by atoms with Crippen LogP contribution in [0.5, 0.6) is 11.5 Å². The zero-order valence-corrected chi connectivity index (χ0v) is 9.93. The number of alkyl halides is 1. The third kappa shape index (κ3) is 2.69. The van der Waals surface area contributed by atoms with Gasteiger partial charge in [-0.3, -0.25) is 0 Å². The van der Waals surface area contributed by atoms with Gasteiger partial charge in [0.15, 0.2) is 17.2 Å². The first-order valence-corrected chi connectivity index (χ1v) is 5.65. The van der Waals surface area contributed by atoms with Crippen LogP contribution in [0.25, 0.3) is 0 Å². The molecule has 0 saturated heterocycles. The molecule has 1 heterocycles. The summed E-state index contributed by atoms with van der Waals surface area (Å²) >= 11 is 0. The maximum atomic E-state index is 12.8. The van der Waals surface area contributed by atoms with E-state index in [9.17, 15) is 9.18 Å². The highest BCUT2D eigenvalue weighted by molar-refractivity contribution is 5.86. The van der Waals surface area contributed by atoms with E-state index in [-0.39, 0.29) is 23.1 Å². The highest BCUT2D eigenvalue weighted by atomic mass is 19.1. The van der Waals surface area contributed by atoms with Crippen LogP contribution in [0.3, 0.4) is 0 Å². The van der Waals surface area contributed by atoms with Crippen molar-refractivity contribution in [2.24, 2.45) is 5.92 Å². The lowest BCUT2D eigenvalue weighted by atomic mass is 10.2. The number of carboxylic acids is 1. The van der Waals surface area contributed by atoms with Gasteiger partial charge in [-0.05, 0) is 18.8 Å². The molecule has 1 fully saturated rings. The molecule has 1 atom stereocenters. The Balaban J connectivity index is 2.18. The predicted octanol–water partition coefficient (Wildman–Crippen LogP) is 1.92. The number of ether oxygens (including phenoxy) is 2. The maximum absolute atomic E-state index is 12.8. The van der Waals surface area contributed by atoms with E-state index in [0.29, 0.717) is 0 Å². The normalized spacial score (nSPS) is 16.1. The van der Waals surface area contributed by atoms with Crippen molar-refractivity contribution in [2.45, 2.75) is 18.9 Å². The van der Waals surface area contributed by atoms with E-state index in [0.717, 1.165) is 12.8 Å². The molecule has 0 aromatic carbocycles. The molecule has 18 heavy (non-hydrogen) atoms. The number of rotatable bonds is 6. The van der Waals surface area contributed by atoms with Crippen LogP contribution in [0, 0.1) is 5.92 Å². The Labute approximate surface area is 104 Å². The first kappa shape index (κ1) is 12.6. The summed E-state index contributed by atoms with van der Waals surface area (Å²) in [6.07, 6.45) is 2.67. The number of carboxylic acid groups (broad SMARTS) is 1. The standard InChI is InChI=1S/C12H14FNO4/c1-17-9-4-8(12(15)16)14-6-11(9)18-10(5-13)7-2-3-7/h4,6-7,10H,2-3,5H2,1H3,(H,15,16). The zero-order chi connectivity index (χ0) is 13.1. The van der Waals surface area contributed by atoms with Crippen LogP contribution in [0.1, 0.15) is 23.3 Å². The van der Waals surface area contributed by atoms with Crippen LogP contribution < -0.4 is 9.47 Å². The highest BCUT2D eigenvalue weighted by Gasteiger charge is 2.33. The summed E-state index contributed by atoms with van der Waals surface area (Å²) in [5.41, 5.74) is -0.137. The predicted molar refractivity (Wildman–Crippen MR) is 60.9 cm³/mol. The number of aromatic nitrogens is 1. The van der Waals surface area contributed by atoms with Crippen molar-refractivity contribution in [1.29, 1.82) is 0 Å². The summed E-state index contributed by atoms with van der Waals surface area (Å²) in [4.78, 5) is 14.5. The molecule has 1 saturated carbocycles. The van der Waals surface area contributed by atoms with E-state index in [1.807, 2.05) is 0 Å². The average molecular weight is 255 g/mol. The van der Waals surface area contributed by atoms with E-state index in [1.165, 1.54) is 19.4 Å².